The Morgan fingerprint density at radius 3 is 2.43 bits per heavy atom. The highest BCUT2D eigenvalue weighted by Crippen LogP contribution is 2.23. The van der Waals surface area contributed by atoms with Gasteiger partial charge in [0.1, 0.15) is 18.7 Å². The molecule has 23 heavy (non-hydrogen) atoms. The van der Waals surface area contributed by atoms with E-state index in [2.05, 4.69) is 5.32 Å². The van der Waals surface area contributed by atoms with E-state index in [0.29, 0.717) is 32.6 Å². The Morgan fingerprint density at radius 2 is 1.87 bits per heavy atom. The summed E-state index contributed by atoms with van der Waals surface area (Å²) in [5.41, 5.74) is 0.621. The highest BCUT2D eigenvalue weighted by atomic mass is 16.6. The summed E-state index contributed by atoms with van der Waals surface area (Å²) in [4.78, 5) is 12.8. The third kappa shape index (κ3) is 4.77. The van der Waals surface area contributed by atoms with Crippen LogP contribution in [0.5, 0.6) is 0 Å². The van der Waals surface area contributed by atoms with E-state index in [0.717, 1.165) is 6.42 Å². The van der Waals surface area contributed by atoms with Gasteiger partial charge in [0.25, 0.3) is 0 Å². The Hall–Kier alpha value is -1.43. The Kier molecular flexibility index (Phi) is 5.79. The minimum absolute atomic E-state index is 0.00287. The van der Waals surface area contributed by atoms with Crippen molar-refractivity contribution < 1.29 is 19.1 Å². The van der Waals surface area contributed by atoms with Gasteiger partial charge < -0.3 is 15.2 Å². The fourth-order valence-corrected chi connectivity index (χ4v) is 2.94. The fourth-order valence-electron chi connectivity index (χ4n) is 2.94. The smallest absolute Gasteiger partial charge is 0.414 e. The van der Waals surface area contributed by atoms with Gasteiger partial charge in [-0.1, -0.05) is 30.3 Å². The predicted octanol–water partition coefficient (Wildman–Crippen LogP) is 2.29. The molecule has 0 aliphatic carbocycles. The van der Waals surface area contributed by atoms with Crippen molar-refractivity contribution in [3.63, 3.8) is 0 Å². The largest absolute Gasteiger partial charge is 0.518 e. The Labute approximate surface area is 138 Å². The Bertz CT molecular complexity index is 505. The van der Waals surface area contributed by atoms with Gasteiger partial charge in [0, 0.05) is 19.5 Å². The van der Waals surface area contributed by atoms with Crippen molar-refractivity contribution in [3.8, 4) is 0 Å². The number of rotatable bonds is 4. The lowest BCUT2D eigenvalue weighted by molar-refractivity contribution is -0.908. The number of carbonyl (C=O) groups is 1. The van der Waals surface area contributed by atoms with Crippen LogP contribution in [0.3, 0.4) is 0 Å². The van der Waals surface area contributed by atoms with E-state index in [1.165, 1.54) is 5.56 Å². The van der Waals surface area contributed by atoms with E-state index < -0.39 is 11.8 Å². The molecular formula is C18H29N2O3+. The lowest BCUT2D eigenvalue weighted by atomic mass is 10.1. The number of carbonyl (C=O) groups excluding carboxylic acids is 1. The molecule has 0 aromatic heterocycles. The molecule has 1 aromatic rings. The standard InChI is InChI=1S/C18H29N2O3/c1-18(2,3)23-17(22)20(13-11-19-12-14-20)16(21)10-9-15-7-5-4-6-8-15/h4-8,16,19,21H,9-14H2,1-3H3/q+1/t16-/m0/s1. The number of nitrogens with zero attached hydrogens (tertiary/aromatic N) is 1. The first-order valence-corrected chi connectivity index (χ1v) is 8.36. The number of aliphatic hydroxyl groups excluding tert-OH is 1. The number of quaternary nitrogens is 1. The molecule has 1 atom stereocenters. The van der Waals surface area contributed by atoms with Crippen molar-refractivity contribution in [1.82, 2.24) is 5.32 Å². The van der Waals surface area contributed by atoms with E-state index in [-0.39, 0.29) is 10.6 Å². The van der Waals surface area contributed by atoms with E-state index in [4.69, 9.17) is 4.74 Å². The van der Waals surface area contributed by atoms with Crippen LogP contribution in [0.1, 0.15) is 32.8 Å². The number of hydrogen-bond donors (Lipinski definition) is 2. The van der Waals surface area contributed by atoms with Crippen LogP contribution in [0.25, 0.3) is 0 Å². The van der Waals surface area contributed by atoms with E-state index >= 15 is 0 Å². The molecule has 5 heteroatoms. The van der Waals surface area contributed by atoms with E-state index in [9.17, 15) is 9.90 Å². The highest BCUT2D eigenvalue weighted by Gasteiger charge is 2.47. The normalized spacial score (nSPS) is 19.1. The summed E-state index contributed by atoms with van der Waals surface area (Å²) in [6.07, 6.45) is 0.230. The summed E-state index contributed by atoms with van der Waals surface area (Å²) < 4.78 is 5.60. The Balaban J connectivity index is 2.08. The highest BCUT2D eigenvalue weighted by molar-refractivity contribution is 5.60. The molecule has 5 nitrogen and oxygen atoms in total. The van der Waals surface area contributed by atoms with Crippen LogP contribution in [0.4, 0.5) is 4.79 Å². The maximum absolute atomic E-state index is 12.8. The molecule has 2 N–H and O–H groups in total. The second kappa shape index (κ2) is 7.43. The summed E-state index contributed by atoms with van der Waals surface area (Å²) in [5.74, 6) is 0. The second-order valence-electron chi connectivity index (χ2n) is 7.22. The van der Waals surface area contributed by atoms with Gasteiger partial charge in [-0.2, -0.15) is 9.28 Å². The summed E-state index contributed by atoms with van der Waals surface area (Å²) in [7, 11) is 0. The van der Waals surface area contributed by atoms with Crippen molar-refractivity contribution in [2.75, 3.05) is 26.2 Å². The minimum atomic E-state index is -0.743. The van der Waals surface area contributed by atoms with Gasteiger partial charge in [0.2, 0.25) is 6.23 Å². The van der Waals surface area contributed by atoms with Crippen molar-refractivity contribution in [1.29, 1.82) is 0 Å². The lowest BCUT2D eigenvalue weighted by Gasteiger charge is -2.42. The zero-order chi connectivity index (χ0) is 16.9. The van der Waals surface area contributed by atoms with Crippen LogP contribution < -0.4 is 5.32 Å². The summed E-state index contributed by atoms with van der Waals surface area (Å²) >= 11 is 0. The third-order valence-corrected chi connectivity index (χ3v) is 4.24. The van der Waals surface area contributed by atoms with Gasteiger partial charge in [-0.3, -0.25) is 0 Å². The van der Waals surface area contributed by atoms with Crippen molar-refractivity contribution in [2.24, 2.45) is 0 Å². The van der Waals surface area contributed by atoms with Gasteiger partial charge in [0.15, 0.2) is 0 Å². The van der Waals surface area contributed by atoms with E-state index in [1.807, 2.05) is 51.1 Å². The molecule has 128 valence electrons. The molecule has 0 spiro atoms. The van der Waals surface area contributed by atoms with Crippen LogP contribution in [-0.4, -0.2) is 53.7 Å². The molecule has 1 amide bonds. The quantitative estimate of drug-likeness (QED) is 0.836. The first kappa shape index (κ1) is 17.9. The number of aliphatic hydroxyl groups is 1. The average Bonchev–Trinajstić information content (AvgIpc) is 2.52. The summed E-state index contributed by atoms with van der Waals surface area (Å²) in [6, 6.07) is 10.0. The van der Waals surface area contributed by atoms with Crippen LogP contribution in [0.15, 0.2) is 30.3 Å². The molecule has 1 heterocycles. The van der Waals surface area contributed by atoms with Crippen LogP contribution in [0.2, 0.25) is 0 Å². The predicted molar refractivity (Wildman–Crippen MR) is 89.9 cm³/mol. The second-order valence-corrected chi connectivity index (χ2v) is 7.22. The zero-order valence-electron chi connectivity index (χ0n) is 14.4. The fraction of sp³-hybridized carbons (Fsp3) is 0.611. The van der Waals surface area contributed by atoms with Crippen molar-refractivity contribution in [2.45, 2.75) is 45.4 Å². The first-order valence-electron chi connectivity index (χ1n) is 8.36. The van der Waals surface area contributed by atoms with Gasteiger partial charge in [0.05, 0.1) is 0 Å². The maximum Gasteiger partial charge on any atom is 0.518 e. The molecular weight excluding hydrogens is 292 g/mol. The van der Waals surface area contributed by atoms with Crippen molar-refractivity contribution >= 4 is 6.09 Å². The molecule has 1 aromatic carbocycles. The van der Waals surface area contributed by atoms with Gasteiger partial charge in [-0.15, -0.1) is 0 Å². The minimum Gasteiger partial charge on any atom is -0.414 e. The molecule has 2 rings (SSSR count). The number of benzene rings is 1. The maximum atomic E-state index is 12.8. The van der Waals surface area contributed by atoms with Crippen LogP contribution in [-0.2, 0) is 11.2 Å². The average molecular weight is 321 g/mol. The van der Waals surface area contributed by atoms with Gasteiger partial charge >= 0.3 is 6.09 Å². The number of aryl methyl sites for hydroxylation is 1. The monoisotopic (exact) mass is 321 g/mol. The van der Waals surface area contributed by atoms with Gasteiger partial charge in [-0.05, 0) is 32.8 Å². The zero-order valence-corrected chi connectivity index (χ0v) is 14.4. The van der Waals surface area contributed by atoms with Crippen LogP contribution in [0, 0.1) is 0 Å². The third-order valence-electron chi connectivity index (χ3n) is 4.24. The van der Waals surface area contributed by atoms with Crippen LogP contribution >= 0.6 is 0 Å². The SMILES string of the molecule is CC(C)(C)OC(=O)[N+]1([C@@H](O)CCc2ccccc2)CCNCC1. The van der Waals surface area contributed by atoms with E-state index in [1.54, 1.807) is 0 Å². The molecule has 1 aliphatic heterocycles. The number of piperazine rings is 1. The molecule has 1 aliphatic rings. The molecule has 0 bridgehead atoms. The molecule has 0 saturated carbocycles. The summed E-state index contributed by atoms with van der Waals surface area (Å²) in [5, 5.41) is 14.0. The number of amides is 1. The Morgan fingerprint density at radius 1 is 1.26 bits per heavy atom. The molecule has 0 radical (unpaired) electrons. The molecule has 0 unspecified atom stereocenters. The van der Waals surface area contributed by atoms with Gasteiger partial charge in [-0.25, -0.2) is 0 Å². The summed E-state index contributed by atoms with van der Waals surface area (Å²) in [6.45, 7) is 8.12. The first-order chi connectivity index (χ1) is 10.8. The van der Waals surface area contributed by atoms with Crippen molar-refractivity contribution in [3.05, 3.63) is 35.9 Å². The number of ether oxygens (including phenoxy) is 1. The lowest BCUT2D eigenvalue weighted by Crippen LogP contribution is -2.67. The number of hydrogen-bond acceptors (Lipinski definition) is 4. The molecule has 1 saturated heterocycles. The number of nitrogens with one attached hydrogen (secondary N) is 1. The molecule has 1 fully saturated rings. The topological polar surface area (TPSA) is 58.6 Å².